The van der Waals surface area contributed by atoms with Gasteiger partial charge in [0.25, 0.3) is 0 Å². The molecule has 0 fully saturated rings. The van der Waals surface area contributed by atoms with Crippen molar-refractivity contribution in [1.29, 1.82) is 0 Å². The number of nitrogens with one attached hydrogen (secondary N) is 2. The number of pyridine rings is 2. The van der Waals surface area contributed by atoms with E-state index in [4.69, 9.17) is 0 Å². The Morgan fingerprint density at radius 1 is 1.10 bits per heavy atom. The minimum atomic E-state index is -3.49. The number of carbonyl (C=O) groups excluding carboxylic acids is 1. The van der Waals surface area contributed by atoms with Crippen LogP contribution in [0.4, 0.5) is 17.3 Å². The highest BCUT2D eigenvalue weighted by molar-refractivity contribution is 7.90. The number of fused-ring (bicyclic) bond motifs is 1. The summed E-state index contributed by atoms with van der Waals surface area (Å²) in [5, 5.41) is 10.3. The summed E-state index contributed by atoms with van der Waals surface area (Å²) in [6, 6.07) is 6.72. The van der Waals surface area contributed by atoms with E-state index in [9.17, 15) is 13.2 Å². The van der Waals surface area contributed by atoms with Gasteiger partial charge in [-0.25, -0.2) is 22.9 Å². The molecule has 11 heteroatoms. The lowest BCUT2D eigenvalue weighted by molar-refractivity contribution is -0.114. The largest absolute Gasteiger partial charge is 0.339 e. The molecule has 0 bridgehead atoms. The zero-order valence-electron chi connectivity index (χ0n) is 17.0. The minimum absolute atomic E-state index is 0.0357. The van der Waals surface area contributed by atoms with Gasteiger partial charge < -0.3 is 10.6 Å². The standard InChI is InChI=1S/C20H19N7O3S/c1-12-6-19(25-20(7-12)31(3,29)30)24-16-9-18(23-13(2)28)22-11-15(16)17-8-14-10-21-4-5-27(14)26-17/h4-11H,1-3H3,(H2,22,23,24,25,28). The van der Waals surface area contributed by atoms with Crippen LogP contribution in [0.5, 0.6) is 0 Å². The molecule has 0 atom stereocenters. The first kappa shape index (κ1) is 20.4. The van der Waals surface area contributed by atoms with Gasteiger partial charge in [0.1, 0.15) is 11.6 Å². The molecule has 0 radical (unpaired) electrons. The highest BCUT2D eigenvalue weighted by Crippen LogP contribution is 2.31. The Bertz CT molecular complexity index is 1380. The summed E-state index contributed by atoms with van der Waals surface area (Å²) in [4.78, 5) is 24.1. The van der Waals surface area contributed by atoms with E-state index >= 15 is 0 Å². The number of aryl methyl sites for hydroxylation is 1. The fourth-order valence-electron chi connectivity index (χ4n) is 3.02. The van der Waals surface area contributed by atoms with Gasteiger partial charge in [0.15, 0.2) is 14.9 Å². The van der Waals surface area contributed by atoms with Crippen LogP contribution in [0.2, 0.25) is 0 Å². The fourth-order valence-corrected chi connectivity index (χ4v) is 3.68. The van der Waals surface area contributed by atoms with Crippen molar-refractivity contribution in [2.24, 2.45) is 0 Å². The molecule has 0 aliphatic carbocycles. The predicted octanol–water partition coefficient (Wildman–Crippen LogP) is 2.60. The summed E-state index contributed by atoms with van der Waals surface area (Å²) >= 11 is 0. The first-order valence-corrected chi connectivity index (χ1v) is 11.1. The third-order valence-electron chi connectivity index (χ3n) is 4.34. The van der Waals surface area contributed by atoms with Gasteiger partial charge in [0.2, 0.25) is 5.91 Å². The average molecular weight is 437 g/mol. The van der Waals surface area contributed by atoms with Gasteiger partial charge in [-0.15, -0.1) is 0 Å². The van der Waals surface area contributed by atoms with Crippen LogP contribution in [0.3, 0.4) is 0 Å². The van der Waals surface area contributed by atoms with Crippen LogP contribution in [0.25, 0.3) is 16.8 Å². The molecule has 158 valence electrons. The molecular formula is C20H19N7O3S. The quantitative estimate of drug-likeness (QED) is 0.487. The van der Waals surface area contributed by atoms with E-state index in [0.29, 0.717) is 28.6 Å². The van der Waals surface area contributed by atoms with Gasteiger partial charge in [-0.1, -0.05) is 0 Å². The second-order valence-electron chi connectivity index (χ2n) is 7.04. The van der Waals surface area contributed by atoms with E-state index < -0.39 is 9.84 Å². The fraction of sp³-hybridized carbons (Fsp3) is 0.150. The van der Waals surface area contributed by atoms with Crippen molar-refractivity contribution in [1.82, 2.24) is 24.6 Å². The zero-order valence-corrected chi connectivity index (χ0v) is 17.8. The molecule has 4 aromatic rings. The molecule has 4 rings (SSSR count). The number of hydrogen-bond donors (Lipinski definition) is 2. The third kappa shape index (κ3) is 4.51. The SMILES string of the molecule is CC(=O)Nc1cc(Nc2cc(C)cc(S(C)(=O)=O)n2)c(-c2cc3cnccn3n2)cn1. The second-order valence-corrected chi connectivity index (χ2v) is 9.00. The molecule has 10 nitrogen and oxygen atoms in total. The Labute approximate surface area is 178 Å². The summed E-state index contributed by atoms with van der Waals surface area (Å²) in [7, 11) is -3.49. The highest BCUT2D eigenvalue weighted by Gasteiger charge is 2.15. The third-order valence-corrected chi connectivity index (χ3v) is 5.31. The number of nitrogens with zero attached hydrogens (tertiary/aromatic N) is 5. The Morgan fingerprint density at radius 2 is 1.90 bits per heavy atom. The van der Waals surface area contributed by atoms with E-state index in [-0.39, 0.29) is 10.9 Å². The Kier molecular flexibility index (Phi) is 5.11. The molecule has 0 spiro atoms. The van der Waals surface area contributed by atoms with Crippen molar-refractivity contribution in [2.75, 3.05) is 16.9 Å². The molecule has 0 aliphatic rings. The van der Waals surface area contributed by atoms with Crippen LogP contribution in [0.1, 0.15) is 12.5 Å². The maximum absolute atomic E-state index is 12.0. The Balaban J connectivity index is 1.83. The molecule has 0 saturated heterocycles. The van der Waals surface area contributed by atoms with Crippen molar-refractivity contribution in [3.8, 4) is 11.3 Å². The zero-order chi connectivity index (χ0) is 22.2. The number of carbonyl (C=O) groups is 1. The summed E-state index contributed by atoms with van der Waals surface area (Å²) in [6.45, 7) is 3.17. The van der Waals surface area contributed by atoms with Gasteiger partial charge in [0.05, 0.1) is 23.1 Å². The van der Waals surface area contributed by atoms with Crippen molar-refractivity contribution in [3.63, 3.8) is 0 Å². The Hall–Kier alpha value is -3.86. The Morgan fingerprint density at radius 3 is 2.61 bits per heavy atom. The molecule has 0 aromatic carbocycles. The smallest absolute Gasteiger partial charge is 0.222 e. The number of sulfone groups is 1. The van der Waals surface area contributed by atoms with E-state index in [1.54, 1.807) is 48.4 Å². The lowest BCUT2D eigenvalue weighted by Gasteiger charge is -2.13. The van der Waals surface area contributed by atoms with E-state index in [0.717, 1.165) is 17.3 Å². The highest BCUT2D eigenvalue weighted by atomic mass is 32.2. The lowest BCUT2D eigenvalue weighted by Crippen LogP contribution is -2.09. The number of aromatic nitrogens is 5. The van der Waals surface area contributed by atoms with Crippen molar-refractivity contribution in [3.05, 3.63) is 54.6 Å². The number of amides is 1. The maximum atomic E-state index is 12.0. The predicted molar refractivity (Wildman–Crippen MR) is 116 cm³/mol. The number of anilines is 3. The minimum Gasteiger partial charge on any atom is -0.339 e. The van der Waals surface area contributed by atoms with Crippen LogP contribution < -0.4 is 10.6 Å². The van der Waals surface area contributed by atoms with Gasteiger partial charge in [-0.05, 0) is 30.7 Å². The number of hydrogen-bond acceptors (Lipinski definition) is 8. The van der Waals surface area contributed by atoms with Crippen LogP contribution in [0, 0.1) is 6.92 Å². The second kappa shape index (κ2) is 7.76. The van der Waals surface area contributed by atoms with Crippen molar-refractivity contribution < 1.29 is 13.2 Å². The van der Waals surface area contributed by atoms with Crippen molar-refractivity contribution >= 4 is 38.6 Å². The van der Waals surface area contributed by atoms with Crippen LogP contribution in [-0.4, -0.2) is 45.1 Å². The van der Waals surface area contributed by atoms with Gasteiger partial charge >= 0.3 is 0 Å². The van der Waals surface area contributed by atoms with E-state index in [1.165, 1.54) is 13.0 Å². The lowest BCUT2D eigenvalue weighted by atomic mass is 10.1. The molecule has 2 N–H and O–H groups in total. The topological polar surface area (TPSA) is 131 Å². The van der Waals surface area contributed by atoms with Gasteiger partial charge in [0, 0.05) is 43.4 Å². The summed E-state index contributed by atoms with van der Waals surface area (Å²) < 4.78 is 25.7. The molecule has 4 heterocycles. The van der Waals surface area contributed by atoms with Crippen molar-refractivity contribution in [2.45, 2.75) is 18.9 Å². The molecule has 0 unspecified atom stereocenters. The first-order chi connectivity index (χ1) is 14.7. The first-order valence-electron chi connectivity index (χ1n) is 9.22. The molecule has 0 aliphatic heterocycles. The normalized spacial score (nSPS) is 11.5. The number of rotatable bonds is 5. The molecule has 1 amide bonds. The molecule has 31 heavy (non-hydrogen) atoms. The van der Waals surface area contributed by atoms with Gasteiger partial charge in [-0.2, -0.15) is 5.10 Å². The summed E-state index contributed by atoms with van der Waals surface area (Å²) in [6.07, 6.45) is 7.73. The molecule has 4 aromatic heterocycles. The maximum Gasteiger partial charge on any atom is 0.222 e. The average Bonchev–Trinajstić information content (AvgIpc) is 3.10. The van der Waals surface area contributed by atoms with Crippen LogP contribution >= 0.6 is 0 Å². The summed E-state index contributed by atoms with van der Waals surface area (Å²) in [5.41, 5.74) is 3.33. The summed E-state index contributed by atoms with van der Waals surface area (Å²) in [5.74, 6) is 0.408. The van der Waals surface area contributed by atoms with E-state index in [2.05, 4.69) is 30.7 Å². The van der Waals surface area contributed by atoms with Gasteiger partial charge in [-0.3, -0.25) is 9.78 Å². The monoisotopic (exact) mass is 437 g/mol. The molecular weight excluding hydrogens is 418 g/mol. The molecule has 0 saturated carbocycles. The van der Waals surface area contributed by atoms with Crippen LogP contribution in [-0.2, 0) is 14.6 Å². The van der Waals surface area contributed by atoms with Crippen LogP contribution in [0.15, 0.2) is 54.1 Å². The van der Waals surface area contributed by atoms with E-state index in [1.807, 2.05) is 6.07 Å².